The van der Waals surface area contributed by atoms with E-state index in [0.29, 0.717) is 10.2 Å². The van der Waals surface area contributed by atoms with Gasteiger partial charge in [0.15, 0.2) is 0 Å². The number of hydrogen-bond donors (Lipinski definition) is 0. The summed E-state index contributed by atoms with van der Waals surface area (Å²) in [7, 11) is 0. The van der Waals surface area contributed by atoms with E-state index >= 15 is 0 Å². The Morgan fingerprint density at radius 3 is 2.46 bits per heavy atom. The summed E-state index contributed by atoms with van der Waals surface area (Å²) in [6.45, 7) is 0. The fourth-order valence-corrected chi connectivity index (χ4v) is 3.85. The largest absolute Gasteiger partial charge is 0.768 e. The molecule has 1 unspecified atom stereocenters. The summed E-state index contributed by atoms with van der Waals surface area (Å²) in [5, 5.41) is -0.233. The van der Waals surface area contributed by atoms with Gasteiger partial charge in [-0.25, -0.2) is 0 Å². The number of benzene rings is 2. The van der Waals surface area contributed by atoms with Gasteiger partial charge in [-0.1, -0.05) is 22.9 Å². The van der Waals surface area contributed by atoms with Crippen molar-refractivity contribution < 1.29 is 21.9 Å². The van der Waals surface area contributed by atoms with Gasteiger partial charge < -0.3 is 4.55 Å². The zero-order chi connectivity index (χ0) is 17.6. The van der Waals surface area contributed by atoms with E-state index in [2.05, 4.69) is 0 Å². The molecule has 4 nitrogen and oxygen atoms in total. The monoisotopic (exact) mass is 392 g/mol. The van der Waals surface area contributed by atoms with Crippen LogP contribution < -0.4 is 4.87 Å². The lowest BCUT2D eigenvalue weighted by atomic mass is 10.2. The second-order valence-electron chi connectivity index (χ2n) is 4.73. The van der Waals surface area contributed by atoms with Crippen molar-refractivity contribution in [3.8, 4) is 5.69 Å². The lowest BCUT2D eigenvalue weighted by Gasteiger charge is -2.11. The predicted octanol–water partition coefficient (Wildman–Crippen LogP) is 3.96. The molecule has 0 spiro atoms. The van der Waals surface area contributed by atoms with Crippen LogP contribution in [0.4, 0.5) is 13.2 Å². The molecule has 0 bridgehead atoms. The third-order valence-corrected chi connectivity index (χ3v) is 5.11. The number of halogens is 4. The lowest BCUT2D eigenvalue weighted by Crippen LogP contribution is -2.12. The summed E-state index contributed by atoms with van der Waals surface area (Å²) >= 11 is 4.25. The molecule has 0 aliphatic rings. The van der Waals surface area contributed by atoms with Gasteiger partial charge in [-0.05, 0) is 47.5 Å². The first-order valence-corrected chi connectivity index (χ1v) is 8.57. The molecule has 3 aromatic rings. The van der Waals surface area contributed by atoms with Crippen molar-refractivity contribution >= 4 is 44.2 Å². The molecule has 24 heavy (non-hydrogen) atoms. The average Bonchev–Trinajstić information content (AvgIpc) is 2.81. The van der Waals surface area contributed by atoms with Crippen LogP contribution in [0.15, 0.2) is 46.1 Å². The summed E-state index contributed by atoms with van der Waals surface area (Å²) in [6.07, 6.45) is -4.54. The summed E-state index contributed by atoms with van der Waals surface area (Å²) in [5.74, 6) is 0. The molecule has 10 heteroatoms. The van der Waals surface area contributed by atoms with E-state index in [9.17, 15) is 26.7 Å². The molecular formula is C14H6ClF3NO3S2-. The topological polar surface area (TPSA) is 62.1 Å². The van der Waals surface area contributed by atoms with E-state index < -0.39 is 27.7 Å². The lowest BCUT2D eigenvalue weighted by molar-refractivity contribution is -0.137. The SMILES string of the molecule is O=c1sc2cc(S(=O)[O-])ccc2n1-c1ccc(C(F)(F)F)cc1Cl. The van der Waals surface area contributed by atoms with Crippen molar-refractivity contribution in [2.75, 3.05) is 0 Å². The Hall–Kier alpha value is -1.68. The van der Waals surface area contributed by atoms with Crippen LogP contribution in [0.25, 0.3) is 15.9 Å². The molecule has 0 saturated heterocycles. The predicted molar refractivity (Wildman–Crippen MR) is 84.6 cm³/mol. The number of thiazole rings is 1. The van der Waals surface area contributed by atoms with E-state index in [1.165, 1.54) is 18.2 Å². The standard InChI is InChI=1S/C14H7ClF3NO3S2/c15-9-5-7(14(16,17)18)1-3-10(9)19-11-4-2-8(24(21)22)6-12(11)23-13(19)20/h1-6H,(H,21,22)/p-1. The van der Waals surface area contributed by atoms with E-state index in [4.69, 9.17) is 11.6 Å². The number of fused-ring (bicyclic) bond motifs is 1. The van der Waals surface area contributed by atoms with Gasteiger partial charge in [0.1, 0.15) is 0 Å². The van der Waals surface area contributed by atoms with Crippen LogP contribution in [0, 0.1) is 0 Å². The molecule has 1 atom stereocenters. The molecule has 0 aliphatic heterocycles. The molecule has 0 N–H and O–H groups in total. The molecule has 1 heterocycles. The first-order chi connectivity index (χ1) is 11.2. The molecule has 0 saturated carbocycles. The van der Waals surface area contributed by atoms with Crippen LogP contribution in [0.1, 0.15) is 5.56 Å². The number of aromatic nitrogens is 1. The van der Waals surface area contributed by atoms with Crippen molar-refractivity contribution in [3.05, 3.63) is 56.7 Å². The molecule has 0 amide bonds. The Morgan fingerprint density at radius 2 is 1.88 bits per heavy atom. The summed E-state index contributed by atoms with van der Waals surface area (Å²) in [5.41, 5.74) is -0.467. The van der Waals surface area contributed by atoms with Crippen molar-refractivity contribution in [3.63, 3.8) is 0 Å². The fraction of sp³-hybridized carbons (Fsp3) is 0.0714. The minimum Gasteiger partial charge on any atom is -0.768 e. The van der Waals surface area contributed by atoms with E-state index in [1.54, 1.807) is 0 Å². The van der Waals surface area contributed by atoms with Gasteiger partial charge >= 0.3 is 11.0 Å². The van der Waals surface area contributed by atoms with Crippen molar-refractivity contribution in [1.29, 1.82) is 0 Å². The Bertz CT molecular complexity index is 1030. The maximum absolute atomic E-state index is 12.7. The molecule has 1 aromatic heterocycles. The summed E-state index contributed by atoms with van der Waals surface area (Å²) in [6, 6.07) is 6.71. The van der Waals surface area contributed by atoms with Gasteiger partial charge in [0.25, 0.3) is 0 Å². The number of nitrogens with zero attached hydrogens (tertiary/aromatic N) is 1. The minimum absolute atomic E-state index is 0.00872. The molecule has 0 radical (unpaired) electrons. The third-order valence-electron chi connectivity index (χ3n) is 3.26. The minimum atomic E-state index is -4.54. The molecule has 2 aromatic carbocycles. The second kappa shape index (κ2) is 5.99. The van der Waals surface area contributed by atoms with Crippen LogP contribution in [0.5, 0.6) is 0 Å². The highest BCUT2D eigenvalue weighted by atomic mass is 35.5. The van der Waals surface area contributed by atoms with Gasteiger partial charge in [-0.3, -0.25) is 13.6 Å². The smallest absolute Gasteiger partial charge is 0.416 e. The highest BCUT2D eigenvalue weighted by Gasteiger charge is 2.31. The first-order valence-electron chi connectivity index (χ1n) is 6.30. The highest BCUT2D eigenvalue weighted by molar-refractivity contribution is 7.79. The Labute approximate surface area is 144 Å². The van der Waals surface area contributed by atoms with E-state index in [-0.39, 0.29) is 15.6 Å². The van der Waals surface area contributed by atoms with Crippen molar-refractivity contribution in [1.82, 2.24) is 4.57 Å². The zero-order valence-corrected chi connectivity index (χ0v) is 13.9. The number of alkyl halides is 3. The highest BCUT2D eigenvalue weighted by Crippen LogP contribution is 2.34. The van der Waals surface area contributed by atoms with Gasteiger partial charge in [0.2, 0.25) is 0 Å². The molecule has 126 valence electrons. The molecule has 3 rings (SSSR count). The quantitative estimate of drug-likeness (QED) is 0.620. The maximum atomic E-state index is 12.7. The Kier molecular flexibility index (Phi) is 4.28. The van der Waals surface area contributed by atoms with Crippen LogP contribution in [0.2, 0.25) is 5.02 Å². The van der Waals surface area contributed by atoms with Gasteiger partial charge in [-0.2, -0.15) is 13.2 Å². The van der Waals surface area contributed by atoms with E-state index in [0.717, 1.165) is 34.1 Å². The first kappa shape index (κ1) is 17.2. The van der Waals surface area contributed by atoms with Gasteiger partial charge in [0, 0.05) is 4.90 Å². The third kappa shape index (κ3) is 3.00. The van der Waals surface area contributed by atoms with E-state index in [1.807, 2.05) is 0 Å². The van der Waals surface area contributed by atoms with Gasteiger partial charge in [0.05, 0.1) is 26.5 Å². The van der Waals surface area contributed by atoms with Gasteiger partial charge in [-0.15, -0.1) is 0 Å². The van der Waals surface area contributed by atoms with Crippen LogP contribution in [-0.2, 0) is 17.3 Å². The molecular weight excluding hydrogens is 387 g/mol. The second-order valence-corrected chi connectivity index (χ2v) is 7.07. The fourth-order valence-electron chi connectivity index (χ4n) is 2.20. The van der Waals surface area contributed by atoms with Crippen molar-refractivity contribution in [2.24, 2.45) is 0 Å². The maximum Gasteiger partial charge on any atom is 0.416 e. The van der Waals surface area contributed by atoms with Crippen LogP contribution in [0.3, 0.4) is 0 Å². The zero-order valence-electron chi connectivity index (χ0n) is 11.5. The summed E-state index contributed by atoms with van der Waals surface area (Å²) in [4.78, 5) is 11.7. The summed E-state index contributed by atoms with van der Waals surface area (Å²) < 4.78 is 61.6. The van der Waals surface area contributed by atoms with Crippen LogP contribution >= 0.6 is 22.9 Å². The van der Waals surface area contributed by atoms with Crippen molar-refractivity contribution in [2.45, 2.75) is 11.1 Å². The Balaban J connectivity index is 2.22. The Morgan fingerprint density at radius 1 is 1.17 bits per heavy atom. The number of rotatable bonds is 2. The number of hydrogen-bond acceptors (Lipinski definition) is 4. The molecule has 0 aliphatic carbocycles. The average molecular weight is 393 g/mol. The van der Waals surface area contributed by atoms with Crippen LogP contribution in [-0.4, -0.2) is 13.3 Å². The normalized spacial score (nSPS) is 13.4. The molecule has 0 fully saturated rings.